The van der Waals surface area contributed by atoms with Crippen LogP contribution in [0.4, 0.5) is 17.1 Å². The fraction of sp³-hybridized carbons (Fsp3) is 0.246. The lowest BCUT2D eigenvalue weighted by molar-refractivity contribution is 0.191. The van der Waals surface area contributed by atoms with E-state index in [1.807, 2.05) is 11.3 Å². The predicted octanol–water partition coefficient (Wildman–Crippen LogP) is 17.4. The standard InChI is InChI=1S/C61H51NS/c1-2-15-39(16-3-1)44-23-12-17-40-18-13-24-49(59(40)44)47-20-5-9-27-55(47)62(56-28-10-6-21-48(56)50-25-14-30-58-60(50)51-22-7-11-29-57(51)63-58)43-31-32-46-45-19-4-8-26-52(45)61(54(46)37-43)42-34-38-33-41(36-42)53(61)35-38/h4-14,17-32,37-39,41-42,53H,1-3,15-16,33-36H2. The van der Waals surface area contributed by atoms with E-state index in [9.17, 15) is 0 Å². The maximum Gasteiger partial charge on any atom is 0.0540 e. The highest BCUT2D eigenvalue weighted by Gasteiger charge is 2.66. The van der Waals surface area contributed by atoms with Crippen LogP contribution in [0.15, 0.2) is 170 Å². The highest BCUT2D eigenvalue weighted by atomic mass is 32.1. The summed E-state index contributed by atoms with van der Waals surface area (Å²) < 4.78 is 2.68. The minimum absolute atomic E-state index is 0.0933. The van der Waals surface area contributed by atoms with Crippen LogP contribution in [0, 0.1) is 23.7 Å². The average Bonchev–Trinajstić information content (AvgIpc) is 4.03. The van der Waals surface area contributed by atoms with Crippen molar-refractivity contribution in [1.82, 2.24) is 0 Å². The number of rotatable bonds is 6. The van der Waals surface area contributed by atoms with Gasteiger partial charge in [-0.2, -0.15) is 0 Å². The molecule has 0 radical (unpaired) electrons. The third-order valence-corrected chi connectivity index (χ3v) is 18.0. The van der Waals surface area contributed by atoms with Crippen molar-refractivity contribution in [3.05, 3.63) is 187 Å². The summed E-state index contributed by atoms with van der Waals surface area (Å²) >= 11 is 1.91. The number of benzene rings is 8. The molecular formula is C61H51NS. The fourth-order valence-electron chi connectivity index (χ4n) is 14.6. The molecule has 306 valence electrons. The van der Waals surface area contributed by atoms with Crippen LogP contribution in [0.25, 0.3) is 64.3 Å². The molecule has 1 nitrogen and oxygen atoms in total. The van der Waals surface area contributed by atoms with Gasteiger partial charge in [-0.05, 0) is 154 Å². The number of thiophene rings is 1. The summed E-state index contributed by atoms with van der Waals surface area (Å²) in [6, 6.07) is 65.9. The second kappa shape index (κ2) is 14.0. The maximum atomic E-state index is 2.69. The number of anilines is 3. The first-order valence-electron chi connectivity index (χ1n) is 23.9. The Balaban J connectivity index is 1.04. The third kappa shape index (κ3) is 5.22. The lowest BCUT2D eigenvalue weighted by Gasteiger charge is -2.44. The van der Waals surface area contributed by atoms with Gasteiger partial charge in [-0.1, -0.05) is 153 Å². The van der Waals surface area contributed by atoms with Crippen LogP contribution in [0.3, 0.4) is 0 Å². The van der Waals surface area contributed by atoms with Crippen LogP contribution in [-0.2, 0) is 5.41 Å². The highest BCUT2D eigenvalue weighted by molar-refractivity contribution is 7.25. The summed E-state index contributed by atoms with van der Waals surface area (Å²) in [4.78, 5) is 2.67. The van der Waals surface area contributed by atoms with Crippen molar-refractivity contribution in [1.29, 1.82) is 0 Å². The molecule has 2 heteroatoms. The molecule has 1 spiro atoms. The van der Waals surface area contributed by atoms with E-state index in [0.717, 1.165) is 17.8 Å². The van der Waals surface area contributed by atoms with Gasteiger partial charge >= 0.3 is 0 Å². The Kier molecular flexibility index (Phi) is 8.13. The molecule has 5 fully saturated rings. The quantitative estimate of drug-likeness (QED) is 0.161. The van der Waals surface area contributed by atoms with Crippen LogP contribution in [0.1, 0.15) is 80.4 Å². The van der Waals surface area contributed by atoms with Gasteiger partial charge in [-0.15, -0.1) is 11.3 Å². The molecule has 1 aromatic heterocycles. The van der Waals surface area contributed by atoms with E-state index >= 15 is 0 Å². The van der Waals surface area contributed by atoms with Gasteiger partial charge in [0.05, 0.1) is 11.4 Å². The Hall–Kier alpha value is -5.96. The minimum Gasteiger partial charge on any atom is -0.309 e. The van der Waals surface area contributed by atoms with E-state index in [1.54, 1.807) is 11.1 Å². The summed E-state index contributed by atoms with van der Waals surface area (Å²) in [6.45, 7) is 0. The summed E-state index contributed by atoms with van der Waals surface area (Å²) in [5.41, 5.74) is 16.7. The Morgan fingerprint density at radius 3 is 1.94 bits per heavy atom. The maximum absolute atomic E-state index is 2.69. The van der Waals surface area contributed by atoms with E-state index in [2.05, 4.69) is 175 Å². The number of hydrogen-bond acceptors (Lipinski definition) is 2. The molecule has 0 aliphatic heterocycles. The van der Waals surface area contributed by atoms with E-state index < -0.39 is 0 Å². The van der Waals surface area contributed by atoms with Crippen LogP contribution in [0.2, 0.25) is 0 Å². The van der Waals surface area contributed by atoms with Gasteiger partial charge in [0, 0.05) is 42.4 Å². The Morgan fingerprint density at radius 2 is 1.13 bits per heavy atom. The largest absolute Gasteiger partial charge is 0.309 e. The first-order chi connectivity index (χ1) is 31.2. The molecule has 15 rings (SSSR count). The number of nitrogens with zero attached hydrogens (tertiary/aromatic N) is 1. The molecule has 0 saturated heterocycles. The summed E-state index contributed by atoms with van der Waals surface area (Å²) in [5.74, 6) is 3.79. The van der Waals surface area contributed by atoms with Crippen molar-refractivity contribution >= 4 is 59.3 Å². The average molecular weight is 830 g/mol. The summed E-state index contributed by atoms with van der Waals surface area (Å²) in [6.07, 6.45) is 12.1. The van der Waals surface area contributed by atoms with Gasteiger partial charge in [0.15, 0.2) is 0 Å². The van der Waals surface area contributed by atoms with Crippen LogP contribution < -0.4 is 4.90 Å². The minimum atomic E-state index is 0.0933. The van der Waals surface area contributed by atoms with Crippen LogP contribution in [-0.4, -0.2) is 0 Å². The normalized spacial score (nSPS) is 23.3. The molecule has 5 atom stereocenters. The number of para-hydroxylation sites is 2. The molecule has 8 aromatic carbocycles. The zero-order valence-corrected chi connectivity index (χ0v) is 36.6. The molecule has 1 heterocycles. The molecule has 63 heavy (non-hydrogen) atoms. The second-order valence-electron chi connectivity index (χ2n) is 19.7. The van der Waals surface area contributed by atoms with Gasteiger partial charge < -0.3 is 4.90 Å². The fourth-order valence-corrected chi connectivity index (χ4v) is 15.8. The lowest BCUT2D eigenvalue weighted by Crippen LogP contribution is -2.40. The first-order valence-corrected chi connectivity index (χ1v) is 24.7. The van der Waals surface area contributed by atoms with Gasteiger partial charge in [0.2, 0.25) is 0 Å². The molecule has 4 bridgehead atoms. The molecule has 5 saturated carbocycles. The molecule has 9 aromatic rings. The zero-order valence-electron chi connectivity index (χ0n) is 35.8. The van der Waals surface area contributed by atoms with Gasteiger partial charge in [-0.25, -0.2) is 0 Å². The monoisotopic (exact) mass is 829 g/mol. The molecule has 0 amide bonds. The summed E-state index contributed by atoms with van der Waals surface area (Å²) in [5, 5.41) is 5.47. The van der Waals surface area contributed by atoms with Crippen molar-refractivity contribution in [2.75, 3.05) is 4.90 Å². The van der Waals surface area contributed by atoms with Crippen molar-refractivity contribution in [3.63, 3.8) is 0 Å². The van der Waals surface area contributed by atoms with Crippen molar-refractivity contribution in [3.8, 4) is 33.4 Å². The van der Waals surface area contributed by atoms with Gasteiger partial charge in [-0.3, -0.25) is 0 Å². The Bertz CT molecular complexity index is 3280. The van der Waals surface area contributed by atoms with Gasteiger partial charge in [0.25, 0.3) is 0 Å². The number of fused-ring (bicyclic) bond motifs is 7. The van der Waals surface area contributed by atoms with Crippen molar-refractivity contribution < 1.29 is 0 Å². The molecular weight excluding hydrogens is 779 g/mol. The molecule has 6 aliphatic rings. The number of hydrogen-bond donors (Lipinski definition) is 0. The van der Waals surface area contributed by atoms with E-state index in [1.165, 1.54) is 145 Å². The smallest absolute Gasteiger partial charge is 0.0540 e. The SMILES string of the molecule is c1ccc(N(c2ccc3c(c2)C2(c4ccccc4-3)C3CC4CC(C3)C2C4)c2ccccc2-c2cccc3sc4ccccc4c23)c(-c2cccc3cccc(C4CCCCC4)c23)c1. The van der Waals surface area contributed by atoms with E-state index in [0.29, 0.717) is 11.8 Å². The molecule has 5 unspecified atom stereocenters. The van der Waals surface area contributed by atoms with E-state index in [-0.39, 0.29) is 5.41 Å². The van der Waals surface area contributed by atoms with Crippen molar-refractivity contribution in [2.24, 2.45) is 23.7 Å². The topological polar surface area (TPSA) is 3.24 Å². The predicted molar refractivity (Wildman–Crippen MR) is 267 cm³/mol. The molecule has 0 N–H and O–H groups in total. The third-order valence-electron chi connectivity index (χ3n) is 16.9. The lowest BCUT2D eigenvalue weighted by atomic mass is 9.59. The Morgan fingerprint density at radius 1 is 0.476 bits per heavy atom. The van der Waals surface area contributed by atoms with Crippen LogP contribution >= 0.6 is 11.3 Å². The van der Waals surface area contributed by atoms with Crippen LogP contribution in [0.5, 0.6) is 0 Å². The van der Waals surface area contributed by atoms with Crippen molar-refractivity contribution in [2.45, 2.75) is 69.1 Å². The second-order valence-corrected chi connectivity index (χ2v) is 20.8. The summed E-state index contributed by atoms with van der Waals surface area (Å²) in [7, 11) is 0. The Labute approximate surface area is 375 Å². The molecule has 6 aliphatic carbocycles. The zero-order chi connectivity index (χ0) is 41.2. The van der Waals surface area contributed by atoms with Gasteiger partial charge in [0.1, 0.15) is 0 Å². The highest BCUT2D eigenvalue weighted by Crippen LogP contribution is 2.73. The van der Waals surface area contributed by atoms with E-state index in [4.69, 9.17) is 0 Å². The first kappa shape index (κ1) is 36.5.